The maximum atomic E-state index is 13.1. The fourth-order valence-corrected chi connectivity index (χ4v) is 1.89. The number of halogens is 2. The van der Waals surface area contributed by atoms with Gasteiger partial charge in [0.05, 0.1) is 5.60 Å². The van der Waals surface area contributed by atoms with Gasteiger partial charge in [-0.1, -0.05) is 20.8 Å². The number of hydrogen-bond acceptors (Lipinski definition) is 1. The first-order valence-corrected chi connectivity index (χ1v) is 6.25. The van der Waals surface area contributed by atoms with E-state index in [1.807, 2.05) is 0 Å². The minimum absolute atomic E-state index is 0.136. The SMILES string of the molecule is CC(C)(C)CCC(C)(O)Cc1cc(F)cc(F)c1. The van der Waals surface area contributed by atoms with E-state index in [0.29, 0.717) is 12.0 Å². The Balaban J connectivity index is 2.69. The smallest absolute Gasteiger partial charge is 0.126 e. The Morgan fingerprint density at radius 2 is 1.44 bits per heavy atom. The van der Waals surface area contributed by atoms with E-state index in [4.69, 9.17) is 0 Å². The van der Waals surface area contributed by atoms with Crippen LogP contribution in [-0.4, -0.2) is 10.7 Å². The Morgan fingerprint density at radius 3 is 1.89 bits per heavy atom. The van der Waals surface area contributed by atoms with Crippen LogP contribution in [0, 0.1) is 17.0 Å². The molecule has 1 aromatic rings. The highest BCUT2D eigenvalue weighted by Gasteiger charge is 2.24. The minimum atomic E-state index is -0.937. The maximum absolute atomic E-state index is 13.1. The minimum Gasteiger partial charge on any atom is -0.390 e. The van der Waals surface area contributed by atoms with Gasteiger partial charge in [0.2, 0.25) is 0 Å². The third-order valence-electron chi connectivity index (χ3n) is 2.92. The van der Waals surface area contributed by atoms with Crippen molar-refractivity contribution in [2.45, 2.75) is 52.6 Å². The maximum Gasteiger partial charge on any atom is 0.126 e. The lowest BCUT2D eigenvalue weighted by Gasteiger charge is -2.28. The molecule has 1 unspecified atom stereocenters. The summed E-state index contributed by atoms with van der Waals surface area (Å²) in [6.07, 6.45) is 1.73. The van der Waals surface area contributed by atoms with Gasteiger partial charge in [-0.25, -0.2) is 8.78 Å². The van der Waals surface area contributed by atoms with Crippen LogP contribution in [0.5, 0.6) is 0 Å². The van der Waals surface area contributed by atoms with Gasteiger partial charge >= 0.3 is 0 Å². The zero-order valence-corrected chi connectivity index (χ0v) is 11.6. The Hall–Kier alpha value is -0.960. The van der Waals surface area contributed by atoms with Crippen LogP contribution in [0.4, 0.5) is 8.78 Å². The molecule has 0 saturated heterocycles. The van der Waals surface area contributed by atoms with Crippen LogP contribution in [0.3, 0.4) is 0 Å². The Labute approximate surface area is 108 Å². The zero-order chi connectivity index (χ0) is 14.0. The second kappa shape index (κ2) is 5.35. The van der Waals surface area contributed by atoms with Gasteiger partial charge in [0.25, 0.3) is 0 Å². The van der Waals surface area contributed by atoms with Crippen molar-refractivity contribution in [1.29, 1.82) is 0 Å². The van der Waals surface area contributed by atoms with Crippen LogP contribution >= 0.6 is 0 Å². The molecule has 1 aromatic carbocycles. The van der Waals surface area contributed by atoms with Crippen molar-refractivity contribution >= 4 is 0 Å². The van der Waals surface area contributed by atoms with Crippen molar-refractivity contribution in [3.8, 4) is 0 Å². The molecule has 0 fully saturated rings. The van der Waals surface area contributed by atoms with E-state index in [0.717, 1.165) is 12.5 Å². The van der Waals surface area contributed by atoms with Crippen LogP contribution in [-0.2, 0) is 6.42 Å². The fourth-order valence-electron chi connectivity index (χ4n) is 1.89. The Morgan fingerprint density at radius 1 is 0.944 bits per heavy atom. The van der Waals surface area contributed by atoms with E-state index in [1.165, 1.54) is 12.1 Å². The highest BCUT2D eigenvalue weighted by molar-refractivity contribution is 5.19. The second-order valence-electron chi connectivity index (χ2n) is 6.51. The lowest BCUT2D eigenvalue weighted by molar-refractivity contribution is 0.0395. The van der Waals surface area contributed by atoms with Gasteiger partial charge in [0, 0.05) is 12.5 Å². The first kappa shape index (κ1) is 15.1. The fraction of sp³-hybridized carbons (Fsp3) is 0.600. The van der Waals surface area contributed by atoms with E-state index >= 15 is 0 Å². The normalized spacial score (nSPS) is 15.5. The van der Waals surface area contributed by atoms with Crippen LogP contribution < -0.4 is 0 Å². The molecule has 0 aliphatic heterocycles. The van der Waals surface area contributed by atoms with Crippen LogP contribution in [0.2, 0.25) is 0 Å². The molecule has 0 aliphatic rings. The zero-order valence-electron chi connectivity index (χ0n) is 11.6. The summed E-state index contributed by atoms with van der Waals surface area (Å²) in [5.41, 5.74) is -0.309. The molecule has 0 amide bonds. The summed E-state index contributed by atoms with van der Waals surface area (Å²) in [5, 5.41) is 10.3. The van der Waals surface area contributed by atoms with Gasteiger partial charge in [0.15, 0.2) is 0 Å². The van der Waals surface area contributed by atoms with Crippen molar-refractivity contribution < 1.29 is 13.9 Å². The molecule has 0 aromatic heterocycles. The molecule has 0 radical (unpaired) electrons. The molecule has 102 valence electrons. The van der Waals surface area contributed by atoms with Gasteiger partial charge in [-0.3, -0.25) is 0 Å². The van der Waals surface area contributed by atoms with Crippen molar-refractivity contribution in [1.82, 2.24) is 0 Å². The standard InChI is InChI=1S/C15H22F2O/c1-14(2,3)5-6-15(4,18)10-11-7-12(16)9-13(17)8-11/h7-9,18H,5-6,10H2,1-4H3. The summed E-state index contributed by atoms with van der Waals surface area (Å²) < 4.78 is 26.1. The van der Waals surface area contributed by atoms with E-state index in [2.05, 4.69) is 20.8 Å². The van der Waals surface area contributed by atoms with Crippen molar-refractivity contribution in [3.63, 3.8) is 0 Å². The molecule has 0 heterocycles. The largest absolute Gasteiger partial charge is 0.390 e. The predicted octanol–water partition coefficient (Wildman–Crippen LogP) is 4.08. The first-order chi connectivity index (χ1) is 8.07. The van der Waals surface area contributed by atoms with E-state index in [9.17, 15) is 13.9 Å². The molecule has 0 saturated carbocycles. The predicted molar refractivity (Wildman–Crippen MR) is 69.4 cm³/mol. The van der Waals surface area contributed by atoms with Crippen LogP contribution in [0.15, 0.2) is 18.2 Å². The van der Waals surface area contributed by atoms with Crippen molar-refractivity contribution in [2.75, 3.05) is 0 Å². The summed E-state index contributed by atoms with van der Waals surface area (Å²) in [4.78, 5) is 0. The molecule has 0 aliphatic carbocycles. The lowest BCUT2D eigenvalue weighted by atomic mass is 9.83. The van der Waals surface area contributed by atoms with Crippen molar-refractivity contribution in [2.24, 2.45) is 5.41 Å². The summed E-state index contributed by atoms with van der Waals surface area (Å²) in [6, 6.07) is 3.39. The highest BCUT2D eigenvalue weighted by atomic mass is 19.1. The lowest BCUT2D eigenvalue weighted by Crippen LogP contribution is -2.29. The molecule has 1 nitrogen and oxygen atoms in total. The summed E-state index contributed by atoms with van der Waals surface area (Å²) in [6.45, 7) is 8.02. The Bertz CT molecular complexity index is 385. The molecule has 0 bridgehead atoms. The quantitative estimate of drug-likeness (QED) is 0.860. The van der Waals surface area contributed by atoms with E-state index in [-0.39, 0.29) is 11.8 Å². The topological polar surface area (TPSA) is 20.2 Å². The average molecular weight is 256 g/mol. The molecule has 1 N–H and O–H groups in total. The number of aliphatic hydroxyl groups is 1. The van der Waals surface area contributed by atoms with E-state index < -0.39 is 17.2 Å². The molecule has 1 atom stereocenters. The summed E-state index contributed by atoms with van der Waals surface area (Å²) in [5.74, 6) is -1.20. The van der Waals surface area contributed by atoms with Gasteiger partial charge in [-0.15, -0.1) is 0 Å². The van der Waals surface area contributed by atoms with Crippen LogP contribution in [0.25, 0.3) is 0 Å². The van der Waals surface area contributed by atoms with Gasteiger partial charge < -0.3 is 5.11 Å². The first-order valence-electron chi connectivity index (χ1n) is 6.25. The molecule has 18 heavy (non-hydrogen) atoms. The third-order valence-corrected chi connectivity index (χ3v) is 2.92. The molecular weight excluding hydrogens is 234 g/mol. The number of hydrogen-bond donors (Lipinski definition) is 1. The molecular formula is C15H22F2O. The third kappa shape index (κ3) is 5.58. The summed E-state index contributed by atoms with van der Waals surface area (Å²) in [7, 11) is 0. The second-order valence-corrected chi connectivity index (χ2v) is 6.51. The average Bonchev–Trinajstić information content (AvgIpc) is 2.11. The monoisotopic (exact) mass is 256 g/mol. The highest BCUT2D eigenvalue weighted by Crippen LogP contribution is 2.27. The molecule has 3 heteroatoms. The molecule has 0 spiro atoms. The van der Waals surface area contributed by atoms with Gasteiger partial charge in [0.1, 0.15) is 11.6 Å². The Kier molecular flexibility index (Phi) is 4.49. The van der Waals surface area contributed by atoms with Gasteiger partial charge in [-0.05, 0) is 42.9 Å². The number of benzene rings is 1. The van der Waals surface area contributed by atoms with Gasteiger partial charge in [-0.2, -0.15) is 0 Å². The van der Waals surface area contributed by atoms with Crippen LogP contribution in [0.1, 0.15) is 46.1 Å². The summed E-state index contributed by atoms with van der Waals surface area (Å²) >= 11 is 0. The molecule has 1 rings (SSSR count). The number of rotatable bonds is 4. The van der Waals surface area contributed by atoms with E-state index in [1.54, 1.807) is 6.92 Å². The van der Waals surface area contributed by atoms with Crippen molar-refractivity contribution in [3.05, 3.63) is 35.4 Å².